The molecule has 0 aromatic rings. The van der Waals surface area contributed by atoms with E-state index in [1.807, 2.05) is 10.6 Å². The largest absolute Gasteiger partial charge is 0.481 e. The summed E-state index contributed by atoms with van der Waals surface area (Å²) >= 11 is 0. The molecule has 0 aliphatic carbocycles. The predicted molar refractivity (Wildman–Crippen MR) is 324 cm³/mol. The maximum absolute atomic E-state index is 15.2. The van der Waals surface area contributed by atoms with Gasteiger partial charge in [0, 0.05) is 25.6 Å². The van der Waals surface area contributed by atoms with Gasteiger partial charge in [-0.1, -0.05) is 72.0 Å². The highest BCUT2D eigenvalue weighted by atomic mass is 16.4. The zero-order valence-electron chi connectivity index (χ0n) is 53.2. The van der Waals surface area contributed by atoms with E-state index in [-0.39, 0.29) is 51.6 Å². The summed E-state index contributed by atoms with van der Waals surface area (Å²) in [5, 5.41) is 62.3. The number of unbranched alkanes of at least 4 members (excludes halogenated alkanes) is 5. The molecule has 16 N–H and O–H groups in total. The SMILES string of the molecule is CC(C)CCCCCCC/C=C/CC(=O)N[C@@H](CC(=O)O)C(=O)N[C@@H]1C(=O)N2CCCC[C@@H]2C(=O)N[C@@H]([C@H](C)C(=O)O)C(=O)N[C@@H](CC(=O)O)C(=O)NCC(=O)N[C@@H](CC(=O)O)C(=O)NCC(=O)N[C@H](C(C)N)C(=O)N[C@@H](C(C)C)C(=O)N2CCC[C@H]2C(=O)N[C@@H]1C. The molecule has 0 bridgehead atoms. The van der Waals surface area contributed by atoms with Crippen molar-refractivity contribution in [3.8, 4) is 0 Å². The zero-order valence-corrected chi connectivity index (χ0v) is 53.2. The Morgan fingerprint density at radius 3 is 1.66 bits per heavy atom. The molecule has 1 unspecified atom stereocenters. The maximum atomic E-state index is 15.2. The zero-order chi connectivity index (χ0) is 69.1. The van der Waals surface area contributed by atoms with E-state index in [0.29, 0.717) is 12.3 Å². The lowest BCUT2D eigenvalue weighted by Gasteiger charge is -2.39. The Labute approximate surface area is 532 Å². The average molecular weight is 1300 g/mol. The second-order valence-corrected chi connectivity index (χ2v) is 24.2. The van der Waals surface area contributed by atoms with Crippen LogP contribution in [-0.2, 0) is 76.7 Å². The van der Waals surface area contributed by atoms with E-state index in [9.17, 15) is 92.3 Å². The molecule has 33 nitrogen and oxygen atoms in total. The Kier molecular flexibility index (Phi) is 32.1. The van der Waals surface area contributed by atoms with Gasteiger partial charge in [0.15, 0.2) is 0 Å². The summed E-state index contributed by atoms with van der Waals surface area (Å²) in [4.78, 5) is 218. The molecular formula is C59H93N13O20. The van der Waals surface area contributed by atoms with Gasteiger partial charge >= 0.3 is 23.9 Å². The smallest absolute Gasteiger partial charge is 0.308 e. The fraction of sp³-hybridized carbons (Fsp3) is 0.695. The number of piperidine rings is 1. The number of hydrogen-bond donors (Lipinski definition) is 15. The summed E-state index contributed by atoms with van der Waals surface area (Å²) in [5.74, 6) is -21.9. The van der Waals surface area contributed by atoms with Crippen molar-refractivity contribution in [1.29, 1.82) is 0 Å². The highest BCUT2D eigenvalue weighted by molar-refractivity contribution is 6.01. The number of rotatable bonds is 23. The fourth-order valence-corrected chi connectivity index (χ4v) is 10.6. The lowest BCUT2D eigenvalue weighted by Crippen LogP contribution is -2.66. The Balaban J connectivity index is 2.16. The summed E-state index contributed by atoms with van der Waals surface area (Å²) < 4.78 is 0. The summed E-state index contributed by atoms with van der Waals surface area (Å²) in [6.45, 7) is 8.70. The molecule has 3 aliphatic rings. The second kappa shape index (κ2) is 38.2. The van der Waals surface area contributed by atoms with Crippen molar-refractivity contribution in [3.63, 3.8) is 0 Å². The third kappa shape index (κ3) is 25.5. The van der Waals surface area contributed by atoms with Crippen LogP contribution < -0.4 is 58.9 Å². The van der Waals surface area contributed by atoms with Crippen molar-refractivity contribution in [3.05, 3.63) is 12.2 Å². The molecule has 12 amide bonds. The molecule has 0 radical (unpaired) electrons. The van der Waals surface area contributed by atoms with Crippen LogP contribution >= 0.6 is 0 Å². The van der Waals surface area contributed by atoms with Gasteiger partial charge < -0.3 is 89.1 Å². The minimum absolute atomic E-state index is 0.0223. The molecule has 3 rings (SSSR count). The van der Waals surface area contributed by atoms with Crippen LogP contribution in [0.2, 0.25) is 0 Å². The average Bonchev–Trinajstić information content (AvgIpc) is 1.26. The van der Waals surface area contributed by atoms with Crippen LogP contribution in [0.5, 0.6) is 0 Å². The van der Waals surface area contributed by atoms with Gasteiger partial charge in [-0.2, -0.15) is 0 Å². The topological polar surface area (TPSA) is 507 Å². The Morgan fingerprint density at radius 2 is 1.10 bits per heavy atom. The number of allylic oxidation sites excluding steroid dienone is 1. The van der Waals surface area contributed by atoms with Crippen LogP contribution in [0.4, 0.5) is 0 Å². The number of carboxylic acid groups (broad SMARTS) is 4. The van der Waals surface area contributed by atoms with Crippen LogP contribution in [0.1, 0.15) is 151 Å². The highest BCUT2D eigenvalue weighted by Gasteiger charge is 2.45. The quantitative estimate of drug-likeness (QED) is 0.0358. The minimum atomic E-state index is -2.15. The normalized spacial score (nSPS) is 25.2. The number of fused-ring (bicyclic) bond motifs is 2. The first-order valence-electron chi connectivity index (χ1n) is 31.1. The maximum Gasteiger partial charge on any atom is 0.308 e. The van der Waals surface area contributed by atoms with Crippen LogP contribution in [0.25, 0.3) is 0 Å². The molecule has 0 aromatic carbocycles. The minimum Gasteiger partial charge on any atom is -0.481 e. The van der Waals surface area contributed by atoms with Crippen LogP contribution in [-0.4, -0.2) is 218 Å². The van der Waals surface area contributed by atoms with Gasteiger partial charge in [-0.25, -0.2) is 0 Å². The van der Waals surface area contributed by atoms with Gasteiger partial charge in [-0.05, 0) is 77.6 Å². The standard InChI is InChI=1S/C59H93N13O20/c1-30(2)19-14-12-10-8-9-11-13-15-22-40(73)64-37(27-45(80)81)52(84)70-49-34(7)63-53(85)39-21-18-24-72(39)57(89)46(31(3)4)68-56(88)48(33(6)60)67-42(75)29-62-50(82)35(25-43(76)77)65-41(74)28-61-51(83)36(26-44(78)79)66-55(87)47(32(5)59(91)92)69-54(86)38-20-16-17-23-71(38)58(49)90/h13,15,30-39,46-49H,8-12,14,16-29,60H2,1-7H3,(H,61,83)(H,62,82)(H,63,85)(H,64,73)(H,65,74)(H,66,87)(H,67,75)(H,68,88)(H,69,86)(H,70,84)(H,76,77)(H,78,79)(H,80,81)(H,91,92)/b15-13+/t32-,33?,34+,35-,36-,37-,38+,39-,46-,47-,48+,49-/m0/s1. The number of amides is 12. The van der Waals surface area contributed by atoms with Crippen molar-refractivity contribution < 1.29 is 97.1 Å². The van der Waals surface area contributed by atoms with Crippen molar-refractivity contribution in [2.24, 2.45) is 23.5 Å². The lowest BCUT2D eigenvalue weighted by molar-refractivity contribution is -0.150. The van der Waals surface area contributed by atoms with Crippen LogP contribution in [0.15, 0.2) is 12.2 Å². The van der Waals surface area contributed by atoms with Crippen molar-refractivity contribution in [1.82, 2.24) is 63.0 Å². The van der Waals surface area contributed by atoms with E-state index >= 15 is 4.79 Å². The van der Waals surface area contributed by atoms with E-state index in [1.165, 1.54) is 13.8 Å². The van der Waals surface area contributed by atoms with E-state index in [2.05, 4.69) is 56.4 Å². The number of carbonyl (C=O) groups excluding carboxylic acids is 12. The van der Waals surface area contributed by atoms with E-state index in [1.54, 1.807) is 26.0 Å². The number of nitrogens with two attached hydrogens (primary N) is 1. The molecule has 12 atom stereocenters. The van der Waals surface area contributed by atoms with Gasteiger partial charge in [0.2, 0.25) is 70.9 Å². The first-order chi connectivity index (χ1) is 43.2. The number of nitrogens with zero attached hydrogens (tertiary/aromatic N) is 2. The van der Waals surface area contributed by atoms with Gasteiger partial charge in [0.1, 0.15) is 54.4 Å². The van der Waals surface area contributed by atoms with Crippen molar-refractivity contribution in [2.75, 3.05) is 26.2 Å². The molecule has 0 saturated carbocycles. The molecule has 3 heterocycles. The molecule has 0 spiro atoms. The number of carbonyl (C=O) groups is 16. The third-order valence-electron chi connectivity index (χ3n) is 15.7. The van der Waals surface area contributed by atoms with Crippen LogP contribution in [0.3, 0.4) is 0 Å². The number of nitrogens with one attached hydrogen (secondary N) is 10. The van der Waals surface area contributed by atoms with E-state index < -0.39 is 205 Å². The van der Waals surface area contributed by atoms with E-state index in [0.717, 1.165) is 55.2 Å². The van der Waals surface area contributed by atoms with Gasteiger partial charge in [-0.3, -0.25) is 76.7 Å². The van der Waals surface area contributed by atoms with Crippen molar-refractivity contribution >= 4 is 94.8 Å². The van der Waals surface area contributed by atoms with Gasteiger partial charge in [0.25, 0.3) is 0 Å². The number of carboxylic acids is 4. The summed E-state index contributed by atoms with van der Waals surface area (Å²) in [6, 6.07) is -18.5. The monoisotopic (exact) mass is 1300 g/mol. The fourth-order valence-electron chi connectivity index (χ4n) is 10.6. The molecule has 3 saturated heterocycles. The molecular weight excluding hydrogens is 1210 g/mol. The Bertz CT molecular complexity index is 2720. The third-order valence-corrected chi connectivity index (χ3v) is 15.7. The summed E-state index contributed by atoms with van der Waals surface area (Å²) in [6.07, 6.45) is 7.21. The van der Waals surface area contributed by atoms with Crippen LogP contribution in [0, 0.1) is 17.8 Å². The number of aliphatic carboxylic acids is 4. The number of hydrogen-bond acceptors (Lipinski definition) is 17. The summed E-state index contributed by atoms with van der Waals surface area (Å²) in [7, 11) is 0. The lowest BCUT2D eigenvalue weighted by atomic mass is 9.96. The molecule has 0 aromatic heterocycles. The first kappa shape index (κ1) is 77.5. The first-order valence-corrected chi connectivity index (χ1v) is 31.1. The highest BCUT2D eigenvalue weighted by Crippen LogP contribution is 2.24. The van der Waals surface area contributed by atoms with E-state index in [4.69, 9.17) is 5.73 Å². The van der Waals surface area contributed by atoms with Crippen molar-refractivity contribution in [2.45, 2.75) is 218 Å². The molecule has 33 heteroatoms. The van der Waals surface area contributed by atoms with Gasteiger partial charge in [0.05, 0.1) is 44.3 Å². The molecule has 3 fully saturated rings. The Hall–Kier alpha value is -8.78. The molecule has 514 valence electrons. The molecule has 3 aliphatic heterocycles. The second-order valence-electron chi connectivity index (χ2n) is 24.2. The predicted octanol–water partition coefficient (Wildman–Crippen LogP) is -3.02. The van der Waals surface area contributed by atoms with Gasteiger partial charge in [-0.15, -0.1) is 0 Å². The molecule has 92 heavy (non-hydrogen) atoms. The summed E-state index contributed by atoms with van der Waals surface area (Å²) in [5.41, 5.74) is 6.11. The Morgan fingerprint density at radius 1 is 0.576 bits per heavy atom.